The Balaban J connectivity index is 2.11. The van der Waals surface area contributed by atoms with Crippen LogP contribution in [0.4, 0.5) is 0 Å². The highest BCUT2D eigenvalue weighted by atomic mass is 16.2. The molecule has 3 amide bonds. The van der Waals surface area contributed by atoms with E-state index in [1.165, 1.54) is 16.7 Å². The van der Waals surface area contributed by atoms with Crippen LogP contribution in [0.2, 0.25) is 0 Å². The standard InChI is InChI=1S/C16H25N5O3/c1-11-8-12(2)21(17-11)10-15(23)19-6-7-20(13(3)22)14(9-19)16(24)18(4)5/h8,14H,6-7,9-10H2,1-5H3/t14-/m0/s1. The third kappa shape index (κ3) is 3.74. The summed E-state index contributed by atoms with van der Waals surface area (Å²) in [6, 6.07) is 1.29. The van der Waals surface area contributed by atoms with Crippen LogP contribution in [0.15, 0.2) is 6.07 Å². The summed E-state index contributed by atoms with van der Waals surface area (Å²) in [5.74, 6) is -0.421. The Labute approximate surface area is 142 Å². The zero-order valence-electron chi connectivity index (χ0n) is 14.9. The third-order valence-electron chi connectivity index (χ3n) is 4.25. The predicted octanol–water partition coefficient (Wildman–Crippen LogP) is -0.353. The van der Waals surface area contributed by atoms with Crippen LogP contribution in [-0.4, -0.2) is 82.0 Å². The summed E-state index contributed by atoms with van der Waals surface area (Å²) in [6.45, 7) is 6.38. The van der Waals surface area contributed by atoms with E-state index in [-0.39, 0.29) is 30.8 Å². The molecule has 2 rings (SSSR count). The SMILES string of the molecule is CC(=O)N1CCN(C(=O)Cn2nc(C)cc2C)C[C@H]1C(=O)N(C)C. The smallest absolute Gasteiger partial charge is 0.246 e. The fourth-order valence-corrected chi connectivity index (χ4v) is 2.96. The summed E-state index contributed by atoms with van der Waals surface area (Å²) in [6.07, 6.45) is 0. The molecule has 1 fully saturated rings. The number of aromatic nitrogens is 2. The lowest BCUT2D eigenvalue weighted by Gasteiger charge is -2.41. The van der Waals surface area contributed by atoms with Gasteiger partial charge < -0.3 is 14.7 Å². The molecule has 0 saturated carbocycles. The molecule has 1 aliphatic rings. The Morgan fingerprint density at radius 3 is 2.42 bits per heavy atom. The highest BCUT2D eigenvalue weighted by Crippen LogP contribution is 2.13. The van der Waals surface area contributed by atoms with Gasteiger partial charge in [0.1, 0.15) is 12.6 Å². The maximum atomic E-state index is 12.6. The first-order chi connectivity index (χ1) is 11.2. The van der Waals surface area contributed by atoms with Crippen molar-refractivity contribution in [3.8, 4) is 0 Å². The van der Waals surface area contributed by atoms with Gasteiger partial charge in [-0.05, 0) is 19.9 Å². The molecular weight excluding hydrogens is 310 g/mol. The van der Waals surface area contributed by atoms with Crippen molar-refractivity contribution in [3.63, 3.8) is 0 Å². The fraction of sp³-hybridized carbons (Fsp3) is 0.625. The maximum Gasteiger partial charge on any atom is 0.246 e. The fourth-order valence-electron chi connectivity index (χ4n) is 2.96. The number of piperazine rings is 1. The average molecular weight is 335 g/mol. The molecule has 0 aromatic carbocycles. The van der Waals surface area contributed by atoms with Gasteiger partial charge in [-0.3, -0.25) is 19.1 Å². The Hall–Kier alpha value is -2.38. The van der Waals surface area contributed by atoms with E-state index < -0.39 is 6.04 Å². The van der Waals surface area contributed by atoms with E-state index in [2.05, 4.69) is 5.10 Å². The van der Waals surface area contributed by atoms with Gasteiger partial charge in [-0.2, -0.15) is 5.10 Å². The molecule has 0 unspecified atom stereocenters. The number of rotatable bonds is 3. The van der Waals surface area contributed by atoms with E-state index in [0.717, 1.165) is 11.4 Å². The molecule has 8 nitrogen and oxygen atoms in total. The van der Waals surface area contributed by atoms with Gasteiger partial charge in [0, 0.05) is 39.8 Å². The normalized spacial score (nSPS) is 17.8. The van der Waals surface area contributed by atoms with E-state index in [9.17, 15) is 14.4 Å². The first-order valence-corrected chi connectivity index (χ1v) is 7.98. The van der Waals surface area contributed by atoms with Crippen LogP contribution in [0.3, 0.4) is 0 Å². The summed E-state index contributed by atoms with van der Waals surface area (Å²) < 4.78 is 1.66. The summed E-state index contributed by atoms with van der Waals surface area (Å²) in [5.41, 5.74) is 1.78. The number of likely N-dealkylation sites (N-methyl/N-ethyl adjacent to an activating group) is 1. The molecule has 0 spiro atoms. The van der Waals surface area contributed by atoms with Gasteiger partial charge in [-0.1, -0.05) is 0 Å². The number of carbonyl (C=O) groups is 3. The van der Waals surface area contributed by atoms with Gasteiger partial charge in [0.2, 0.25) is 17.7 Å². The molecule has 0 N–H and O–H groups in total. The molecule has 24 heavy (non-hydrogen) atoms. The quantitative estimate of drug-likeness (QED) is 0.756. The minimum atomic E-state index is -0.629. The summed E-state index contributed by atoms with van der Waals surface area (Å²) in [7, 11) is 3.30. The Bertz CT molecular complexity index is 652. The van der Waals surface area contributed by atoms with Crippen LogP contribution in [-0.2, 0) is 20.9 Å². The van der Waals surface area contributed by atoms with Crippen molar-refractivity contribution in [1.82, 2.24) is 24.5 Å². The lowest BCUT2D eigenvalue weighted by Crippen LogP contribution is -2.61. The van der Waals surface area contributed by atoms with E-state index in [4.69, 9.17) is 0 Å². The monoisotopic (exact) mass is 335 g/mol. The van der Waals surface area contributed by atoms with Gasteiger partial charge in [0.25, 0.3) is 0 Å². The Morgan fingerprint density at radius 1 is 1.25 bits per heavy atom. The second kappa shape index (κ2) is 7.02. The van der Waals surface area contributed by atoms with Crippen LogP contribution in [0.25, 0.3) is 0 Å². The van der Waals surface area contributed by atoms with Crippen LogP contribution in [0.1, 0.15) is 18.3 Å². The van der Waals surface area contributed by atoms with Crippen LogP contribution < -0.4 is 0 Å². The number of hydrogen-bond acceptors (Lipinski definition) is 4. The molecule has 1 saturated heterocycles. The predicted molar refractivity (Wildman–Crippen MR) is 88.2 cm³/mol. The second-order valence-electron chi connectivity index (χ2n) is 6.39. The van der Waals surface area contributed by atoms with Crippen molar-refractivity contribution in [2.45, 2.75) is 33.4 Å². The number of aryl methyl sites for hydroxylation is 2. The molecule has 1 aromatic rings. The van der Waals surface area contributed by atoms with E-state index in [1.807, 2.05) is 19.9 Å². The molecule has 0 aliphatic carbocycles. The van der Waals surface area contributed by atoms with Crippen LogP contribution >= 0.6 is 0 Å². The zero-order valence-corrected chi connectivity index (χ0v) is 14.9. The van der Waals surface area contributed by atoms with Crippen LogP contribution in [0.5, 0.6) is 0 Å². The molecule has 2 heterocycles. The van der Waals surface area contributed by atoms with Gasteiger partial charge in [0.15, 0.2) is 0 Å². The van der Waals surface area contributed by atoms with Gasteiger partial charge >= 0.3 is 0 Å². The van der Waals surface area contributed by atoms with Crippen LogP contribution in [0, 0.1) is 13.8 Å². The second-order valence-corrected chi connectivity index (χ2v) is 6.39. The Kier molecular flexibility index (Phi) is 5.26. The maximum absolute atomic E-state index is 12.6. The molecule has 0 radical (unpaired) electrons. The first-order valence-electron chi connectivity index (χ1n) is 7.98. The lowest BCUT2D eigenvalue weighted by atomic mass is 10.1. The number of carbonyl (C=O) groups excluding carboxylic acids is 3. The summed E-state index contributed by atoms with van der Waals surface area (Å²) in [5, 5.41) is 4.30. The molecule has 1 atom stereocenters. The number of nitrogens with zero attached hydrogens (tertiary/aromatic N) is 5. The zero-order chi connectivity index (χ0) is 18.0. The number of hydrogen-bond donors (Lipinski definition) is 0. The molecular formula is C16H25N5O3. The van der Waals surface area contributed by atoms with Gasteiger partial charge in [-0.25, -0.2) is 0 Å². The summed E-state index contributed by atoms with van der Waals surface area (Å²) in [4.78, 5) is 41.4. The van der Waals surface area contributed by atoms with Crippen molar-refractivity contribution in [2.75, 3.05) is 33.7 Å². The topological polar surface area (TPSA) is 78.8 Å². The minimum Gasteiger partial charge on any atom is -0.347 e. The van der Waals surface area contributed by atoms with Gasteiger partial charge in [-0.15, -0.1) is 0 Å². The van der Waals surface area contributed by atoms with Crippen molar-refractivity contribution >= 4 is 17.7 Å². The van der Waals surface area contributed by atoms with Crippen molar-refractivity contribution in [2.24, 2.45) is 0 Å². The van der Waals surface area contributed by atoms with Crippen molar-refractivity contribution < 1.29 is 14.4 Å². The lowest BCUT2D eigenvalue weighted by molar-refractivity contribution is -0.150. The van der Waals surface area contributed by atoms with E-state index >= 15 is 0 Å². The first kappa shape index (κ1) is 18.0. The molecule has 1 aromatic heterocycles. The third-order valence-corrected chi connectivity index (χ3v) is 4.25. The molecule has 8 heteroatoms. The highest BCUT2D eigenvalue weighted by molar-refractivity contribution is 5.88. The highest BCUT2D eigenvalue weighted by Gasteiger charge is 2.36. The van der Waals surface area contributed by atoms with Gasteiger partial charge in [0.05, 0.1) is 12.2 Å². The largest absolute Gasteiger partial charge is 0.347 e. The molecule has 1 aliphatic heterocycles. The molecule has 0 bridgehead atoms. The minimum absolute atomic E-state index is 0.0963. The summed E-state index contributed by atoms with van der Waals surface area (Å²) >= 11 is 0. The molecule has 132 valence electrons. The van der Waals surface area contributed by atoms with Crippen molar-refractivity contribution in [3.05, 3.63) is 17.5 Å². The Morgan fingerprint density at radius 2 is 1.92 bits per heavy atom. The van der Waals surface area contributed by atoms with E-state index in [1.54, 1.807) is 23.7 Å². The average Bonchev–Trinajstić information content (AvgIpc) is 2.83. The van der Waals surface area contributed by atoms with E-state index in [0.29, 0.717) is 13.1 Å². The van der Waals surface area contributed by atoms with Crippen molar-refractivity contribution in [1.29, 1.82) is 0 Å². The number of amides is 3.